The van der Waals surface area contributed by atoms with Gasteiger partial charge < -0.3 is 31.1 Å². The van der Waals surface area contributed by atoms with Crippen molar-refractivity contribution in [3.05, 3.63) is 112 Å². The van der Waals surface area contributed by atoms with Crippen molar-refractivity contribution in [2.75, 3.05) is 26.7 Å². The van der Waals surface area contributed by atoms with E-state index in [9.17, 15) is 29.4 Å². The van der Waals surface area contributed by atoms with Crippen LogP contribution in [0.4, 0.5) is 0 Å². The highest BCUT2D eigenvalue weighted by Gasteiger charge is 2.25. The van der Waals surface area contributed by atoms with Crippen LogP contribution in [0.2, 0.25) is 0 Å². The summed E-state index contributed by atoms with van der Waals surface area (Å²) in [5.41, 5.74) is 6.85. The molecule has 0 bridgehead atoms. The first kappa shape index (κ1) is 39.4. The number of carbonyl (C=O) groups is 4. The number of likely N-dealkylation sites (N-methyl/N-ethyl adjacent to an activating group) is 1. The number of aryl methyl sites for hydroxylation is 2. The predicted octanol–water partition coefficient (Wildman–Crippen LogP) is 5.82. The Labute approximate surface area is 318 Å². The van der Waals surface area contributed by atoms with Gasteiger partial charge in [-0.15, -0.1) is 11.3 Å². The van der Waals surface area contributed by atoms with Crippen molar-refractivity contribution in [1.29, 1.82) is 5.41 Å². The van der Waals surface area contributed by atoms with Gasteiger partial charge in [0.1, 0.15) is 17.2 Å². The molecule has 0 aliphatic heterocycles. The molecule has 5 rings (SSSR count). The maximum absolute atomic E-state index is 13.0. The minimum absolute atomic E-state index is 0.0128. The van der Waals surface area contributed by atoms with E-state index >= 15 is 0 Å². The number of aromatic hydroxyl groups is 1. The molecule has 4 aromatic rings. The Morgan fingerprint density at radius 3 is 2.50 bits per heavy atom. The number of hydrogen-bond donors (Lipinski definition) is 6. The van der Waals surface area contributed by atoms with Crippen LogP contribution < -0.4 is 16.0 Å². The average molecular weight is 751 g/mol. The molecule has 0 radical (unpaired) electrons. The molecule has 0 spiro atoms. The summed E-state index contributed by atoms with van der Waals surface area (Å²) in [6, 6.07) is 19.7. The van der Waals surface area contributed by atoms with Crippen molar-refractivity contribution >= 4 is 46.4 Å². The Morgan fingerprint density at radius 1 is 1.04 bits per heavy atom. The molecule has 1 aromatic heterocycles. The maximum Gasteiger partial charge on any atom is 0.269 e. The van der Waals surface area contributed by atoms with E-state index in [0.717, 1.165) is 51.7 Å². The molecular weight excluding hydrogens is 705 g/mol. The lowest BCUT2D eigenvalue weighted by atomic mass is 9.96. The van der Waals surface area contributed by atoms with Crippen LogP contribution in [0, 0.1) is 12.3 Å². The molecule has 0 fully saturated rings. The standard InChI is InChI=1S/C41H46N6O6S/c1-25(27-10-12-29(13-11-27)39-26(2)45-24-54-39)21-38(51)43-18-6-9-37(50)44-19-20-47(3)41(53)32-16-14-30(22-36(32)49)35(48)23-33(42)40(52)46-34-17-15-28-7-4-5-8-31(28)34/h4-5,7-8,10-14,16,22-25,34,42,48-49H,6,9,15,17-21H2,1-3H3,(H,43,51)(H,44,50)(H,46,52)/b35-23-,42-33?/t25-,34?/m0/s1. The number of phenols is 1. The number of benzene rings is 3. The number of amides is 4. The number of fused-ring (bicyclic) bond motifs is 1. The second kappa shape index (κ2) is 18.3. The van der Waals surface area contributed by atoms with Crippen LogP contribution in [0.15, 0.2) is 78.3 Å². The fraction of sp³-hybridized carbons (Fsp3) is 0.317. The lowest BCUT2D eigenvalue weighted by molar-refractivity contribution is -0.123. The molecule has 0 saturated carbocycles. The largest absolute Gasteiger partial charge is 0.507 e. The Hall–Kier alpha value is -5.82. The Balaban J connectivity index is 0.985. The minimum Gasteiger partial charge on any atom is -0.507 e. The van der Waals surface area contributed by atoms with Gasteiger partial charge in [-0.05, 0) is 66.5 Å². The van der Waals surface area contributed by atoms with E-state index in [2.05, 4.69) is 33.1 Å². The summed E-state index contributed by atoms with van der Waals surface area (Å²) in [7, 11) is 1.54. The van der Waals surface area contributed by atoms with Crippen molar-refractivity contribution in [1.82, 2.24) is 25.8 Å². The van der Waals surface area contributed by atoms with Gasteiger partial charge in [-0.25, -0.2) is 4.98 Å². The van der Waals surface area contributed by atoms with Gasteiger partial charge in [0.25, 0.3) is 11.8 Å². The first-order chi connectivity index (χ1) is 25.9. The van der Waals surface area contributed by atoms with Crippen molar-refractivity contribution in [2.45, 2.75) is 57.9 Å². The maximum atomic E-state index is 13.0. The molecule has 13 heteroatoms. The number of thiazole rings is 1. The van der Waals surface area contributed by atoms with Crippen LogP contribution in [-0.4, -0.2) is 76.1 Å². The van der Waals surface area contributed by atoms with Crippen molar-refractivity contribution in [2.24, 2.45) is 0 Å². The number of aliphatic hydroxyl groups is 1. The topological polar surface area (TPSA) is 185 Å². The van der Waals surface area contributed by atoms with Gasteiger partial charge in [0.15, 0.2) is 0 Å². The average Bonchev–Trinajstić information content (AvgIpc) is 3.78. The molecule has 1 unspecified atom stereocenters. The van der Waals surface area contributed by atoms with Crippen molar-refractivity contribution in [3.8, 4) is 16.2 Å². The number of nitrogens with one attached hydrogen (secondary N) is 4. The van der Waals surface area contributed by atoms with Crippen molar-refractivity contribution < 1.29 is 29.4 Å². The summed E-state index contributed by atoms with van der Waals surface area (Å²) in [5.74, 6) is -2.19. The van der Waals surface area contributed by atoms with E-state index in [4.69, 9.17) is 5.41 Å². The summed E-state index contributed by atoms with van der Waals surface area (Å²) < 4.78 is 0. The predicted molar refractivity (Wildman–Crippen MR) is 210 cm³/mol. The Kier molecular flexibility index (Phi) is 13.3. The fourth-order valence-corrected chi connectivity index (χ4v) is 7.16. The highest BCUT2D eigenvalue weighted by atomic mass is 32.1. The molecule has 1 heterocycles. The minimum atomic E-state index is -0.637. The molecule has 6 N–H and O–H groups in total. The summed E-state index contributed by atoms with van der Waals surface area (Å²) >= 11 is 1.60. The smallest absolute Gasteiger partial charge is 0.269 e. The quantitative estimate of drug-likeness (QED) is 0.0473. The molecule has 1 aliphatic rings. The molecule has 54 heavy (non-hydrogen) atoms. The number of nitrogens with zero attached hydrogens (tertiary/aromatic N) is 2. The number of aliphatic hydroxyl groups excluding tert-OH is 1. The third-order valence-corrected chi connectivity index (χ3v) is 10.5. The van der Waals surface area contributed by atoms with Crippen LogP contribution in [0.5, 0.6) is 5.75 Å². The molecule has 282 valence electrons. The van der Waals surface area contributed by atoms with E-state index in [-0.39, 0.29) is 60.2 Å². The molecule has 1 aliphatic carbocycles. The van der Waals surface area contributed by atoms with Crippen LogP contribution in [-0.2, 0) is 20.8 Å². The molecular formula is C41H46N6O6S. The molecule has 2 atom stereocenters. The molecule has 3 aromatic carbocycles. The second-order valence-corrected chi connectivity index (χ2v) is 14.3. The first-order valence-corrected chi connectivity index (χ1v) is 18.8. The highest BCUT2D eigenvalue weighted by Crippen LogP contribution is 2.31. The fourth-order valence-electron chi connectivity index (χ4n) is 6.35. The zero-order chi connectivity index (χ0) is 38.8. The van der Waals surface area contributed by atoms with E-state index in [1.165, 1.54) is 30.1 Å². The van der Waals surface area contributed by atoms with E-state index < -0.39 is 23.3 Å². The van der Waals surface area contributed by atoms with Gasteiger partial charge in [-0.1, -0.05) is 61.5 Å². The molecule has 12 nitrogen and oxygen atoms in total. The highest BCUT2D eigenvalue weighted by molar-refractivity contribution is 7.13. The van der Waals surface area contributed by atoms with Gasteiger partial charge in [0.2, 0.25) is 11.8 Å². The van der Waals surface area contributed by atoms with Crippen LogP contribution in [0.1, 0.15) is 82.9 Å². The summed E-state index contributed by atoms with van der Waals surface area (Å²) in [6.07, 6.45) is 3.57. The van der Waals surface area contributed by atoms with Gasteiger partial charge >= 0.3 is 0 Å². The number of aromatic nitrogens is 1. The summed E-state index contributed by atoms with van der Waals surface area (Å²) in [6.45, 7) is 4.72. The van der Waals surface area contributed by atoms with Gasteiger partial charge in [-0.3, -0.25) is 24.6 Å². The zero-order valence-corrected chi connectivity index (χ0v) is 31.5. The third kappa shape index (κ3) is 10.2. The van der Waals surface area contributed by atoms with Gasteiger partial charge in [0.05, 0.1) is 27.7 Å². The molecule has 0 saturated heterocycles. The Bertz CT molecular complexity index is 2040. The molecule has 4 amide bonds. The van der Waals surface area contributed by atoms with E-state index in [1.807, 2.05) is 55.8 Å². The third-order valence-electron chi connectivity index (χ3n) is 9.49. The normalized spacial score (nSPS) is 14.1. The van der Waals surface area contributed by atoms with Crippen molar-refractivity contribution in [3.63, 3.8) is 0 Å². The lowest BCUT2D eigenvalue weighted by Crippen LogP contribution is -2.36. The lowest BCUT2D eigenvalue weighted by Gasteiger charge is -2.18. The SMILES string of the molecule is Cc1ncsc1-c1ccc([C@@H](C)CC(=O)NCCCC(=O)NCCN(C)C(=O)c2ccc(/C(O)=C/C(=N)C(=O)NC3CCc4ccccc43)cc2O)cc1. The Morgan fingerprint density at radius 2 is 1.78 bits per heavy atom. The first-order valence-electron chi connectivity index (χ1n) is 17.9. The number of rotatable bonds is 16. The van der Waals surface area contributed by atoms with Crippen LogP contribution in [0.25, 0.3) is 16.2 Å². The number of hydrogen-bond acceptors (Lipinski definition) is 9. The van der Waals surface area contributed by atoms with Gasteiger partial charge in [0, 0.05) is 51.2 Å². The van der Waals surface area contributed by atoms with Gasteiger partial charge in [-0.2, -0.15) is 0 Å². The van der Waals surface area contributed by atoms with E-state index in [0.29, 0.717) is 19.4 Å². The zero-order valence-electron chi connectivity index (χ0n) is 30.6. The van der Waals surface area contributed by atoms with E-state index in [1.54, 1.807) is 11.3 Å². The summed E-state index contributed by atoms with van der Waals surface area (Å²) in [4.78, 5) is 57.3. The van der Waals surface area contributed by atoms with Crippen LogP contribution >= 0.6 is 11.3 Å². The summed E-state index contributed by atoms with van der Waals surface area (Å²) in [5, 5.41) is 37.8. The van der Waals surface area contributed by atoms with Crippen LogP contribution in [0.3, 0.4) is 0 Å². The second-order valence-electron chi connectivity index (χ2n) is 13.5. The number of phenolic OH excluding ortho intramolecular Hbond substituents is 1. The monoisotopic (exact) mass is 750 g/mol. The number of carbonyl (C=O) groups excluding carboxylic acids is 4.